The SMILES string of the molecule is CC(C)(C)C(=O)[n+]1cc(=N)o[n-]1. The molecule has 0 aromatic carbocycles. The molecule has 0 aliphatic heterocycles. The third-order valence-corrected chi connectivity index (χ3v) is 1.32. The lowest BCUT2D eigenvalue weighted by Gasteiger charge is -2.10. The van der Waals surface area contributed by atoms with Crippen LogP contribution in [0.25, 0.3) is 0 Å². The average molecular weight is 169 g/mol. The van der Waals surface area contributed by atoms with Gasteiger partial charge in [-0.15, -0.1) is 0 Å². The van der Waals surface area contributed by atoms with Gasteiger partial charge < -0.3 is 4.52 Å². The van der Waals surface area contributed by atoms with Crippen molar-refractivity contribution >= 4 is 5.91 Å². The Kier molecular flexibility index (Phi) is 1.87. The van der Waals surface area contributed by atoms with E-state index in [0.717, 1.165) is 4.68 Å². The molecule has 1 rings (SSSR count). The molecule has 0 atom stereocenters. The largest absolute Gasteiger partial charge is 0.486 e. The molecule has 0 fully saturated rings. The van der Waals surface area contributed by atoms with Crippen molar-refractivity contribution in [3.8, 4) is 0 Å². The number of rotatable bonds is 0. The molecule has 0 spiro atoms. The molecule has 0 unspecified atom stereocenters. The monoisotopic (exact) mass is 169 g/mol. The van der Waals surface area contributed by atoms with Gasteiger partial charge in [-0.1, -0.05) is 0 Å². The number of carbonyl (C=O) groups excluding carboxylic acids is 1. The molecule has 66 valence electrons. The molecule has 0 aliphatic rings. The predicted molar refractivity (Wildman–Crippen MR) is 38.2 cm³/mol. The molecule has 1 heterocycles. The van der Waals surface area contributed by atoms with Crippen molar-refractivity contribution in [1.29, 1.82) is 5.41 Å². The van der Waals surface area contributed by atoms with E-state index >= 15 is 0 Å². The lowest BCUT2D eigenvalue weighted by Crippen LogP contribution is -2.51. The maximum Gasteiger partial charge on any atom is 0.390 e. The van der Waals surface area contributed by atoms with Gasteiger partial charge in [0, 0.05) is 0 Å². The van der Waals surface area contributed by atoms with Gasteiger partial charge in [0.1, 0.15) is 0 Å². The third kappa shape index (κ3) is 1.61. The van der Waals surface area contributed by atoms with Crippen LogP contribution in [0.5, 0.6) is 0 Å². The fourth-order valence-corrected chi connectivity index (χ4v) is 0.686. The van der Waals surface area contributed by atoms with Crippen LogP contribution in [0, 0.1) is 10.8 Å². The summed E-state index contributed by atoms with van der Waals surface area (Å²) in [5.41, 5.74) is -0.624. The summed E-state index contributed by atoms with van der Waals surface area (Å²) in [5.74, 6) is -0.190. The topological polar surface area (TPSA) is 72.0 Å². The van der Waals surface area contributed by atoms with Crippen LogP contribution in [0.4, 0.5) is 0 Å². The van der Waals surface area contributed by atoms with Crippen LogP contribution in [-0.4, -0.2) is 5.91 Å². The van der Waals surface area contributed by atoms with Crippen LogP contribution < -0.4 is 15.5 Å². The molecule has 0 bridgehead atoms. The molecule has 0 aliphatic carbocycles. The summed E-state index contributed by atoms with van der Waals surface area (Å²) >= 11 is 0. The van der Waals surface area contributed by atoms with Gasteiger partial charge in [-0.2, -0.15) is 4.68 Å². The van der Waals surface area contributed by atoms with Gasteiger partial charge >= 0.3 is 5.91 Å². The van der Waals surface area contributed by atoms with Crippen LogP contribution in [-0.2, 0) is 0 Å². The van der Waals surface area contributed by atoms with E-state index in [9.17, 15) is 4.79 Å². The van der Waals surface area contributed by atoms with Crippen LogP contribution in [0.15, 0.2) is 10.7 Å². The molecule has 0 saturated carbocycles. The highest BCUT2D eigenvalue weighted by Crippen LogP contribution is 2.11. The van der Waals surface area contributed by atoms with Crippen molar-refractivity contribution in [3.05, 3.63) is 11.8 Å². The lowest BCUT2D eigenvalue weighted by atomic mass is 9.96. The quantitative estimate of drug-likeness (QED) is 0.541. The van der Waals surface area contributed by atoms with E-state index < -0.39 is 5.41 Å². The van der Waals surface area contributed by atoms with Gasteiger partial charge in [0.15, 0.2) is 0 Å². The minimum Gasteiger partial charge on any atom is -0.486 e. The van der Waals surface area contributed by atoms with Gasteiger partial charge in [0.05, 0.1) is 5.41 Å². The molecular formula is C7H11N3O2. The Morgan fingerprint density at radius 2 is 2.25 bits per heavy atom. The number of nitrogens with zero attached hydrogens (tertiary/aromatic N) is 2. The third-order valence-electron chi connectivity index (χ3n) is 1.32. The van der Waals surface area contributed by atoms with Crippen molar-refractivity contribution in [2.45, 2.75) is 20.8 Å². The zero-order valence-electron chi connectivity index (χ0n) is 7.29. The van der Waals surface area contributed by atoms with Crippen LogP contribution in [0.2, 0.25) is 0 Å². The Morgan fingerprint density at radius 3 is 2.58 bits per heavy atom. The zero-order valence-corrected chi connectivity index (χ0v) is 7.29. The van der Waals surface area contributed by atoms with E-state index in [1.807, 2.05) is 0 Å². The molecule has 0 radical (unpaired) electrons. The molecule has 12 heavy (non-hydrogen) atoms. The minimum atomic E-state index is -0.506. The van der Waals surface area contributed by atoms with Crippen molar-refractivity contribution in [1.82, 2.24) is 5.27 Å². The predicted octanol–water partition coefficient (Wildman–Crippen LogP) is -0.310. The summed E-state index contributed by atoms with van der Waals surface area (Å²) in [6.07, 6.45) is 1.24. The van der Waals surface area contributed by atoms with Gasteiger partial charge in [-0.25, -0.2) is 10.1 Å². The standard InChI is InChI=1S/C7H11N3O2/c1-7(2,3)6(11)10-4-5(8)12-9-10/h4,8H,1-3H3. The molecule has 1 N–H and O–H groups in total. The number of nitrogens with one attached hydrogen (secondary N) is 1. The molecule has 0 amide bonds. The lowest BCUT2D eigenvalue weighted by molar-refractivity contribution is -0.659. The van der Waals surface area contributed by atoms with E-state index in [1.165, 1.54) is 6.20 Å². The second-order valence-electron chi connectivity index (χ2n) is 3.57. The van der Waals surface area contributed by atoms with Gasteiger partial charge in [-0.3, -0.25) is 5.41 Å². The van der Waals surface area contributed by atoms with Gasteiger partial charge in [0.2, 0.25) is 6.20 Å². The van der Waals surface area contributed by atoms with E-state index in [1.54, 1.807) is 20.8 Å². The van der Waals surface area contributed by atoms with Crippen LogP contribution >= 0.6 is 0 Å². The van der Waals surface area contributed by atoms with E-state index in [2.05, 4.69) is 9.79 Å². The number of hydrogen-bond acceptors (Lipinski definition) is 3. The summed E-state index contributed by atoms with van der Waals surface area (Å²) in [5, 5.41) is 10.4. The van der Waals surface area contributed by atoms with E-state index in [-0.39, 0.29) is 11.5 Å². The summed E-state index contributed by atoms with van der Waals surface area (Å²) < 4.78 is 5.48. The van der Waals surface area contributed by atoms with Crippen molar-refractivity contribution in [3.63, 3.8) is 0 Å². The highest BCUT2D eigenvalue weighted by atomic mass is 16.5. The highest BCUT2D eigenvalue weighted by Gasteiger charge is 2.29. The maximum absolute atomic E-state index is 11.4. The number of carbonyl (C=O) groups is 1. The van der Waals surface area contributed by atoms with Crippen LogP contribution in [0.3, 0.4) is 0 Å². The Balaban J connectivity index is 3.01. The number of hydrogen-bond donors (Lipinski definition) is 1. The molecule has 5 nitrogen and oxygen atoms in total. The normalized spacial score (nSPS) is 11.6. The average Bonchev–Trinajstić information content (AvgIpc) is 2.32. The molecule has 1 aromatic heterocycles. The van der Waals surface area contributed by atoms with Gasteiger partial charge in [0.25, 0.3) is 5.55 Å². The van der Waals surface area contributed by atoms with Crippen molar-refractivity contribution < 1.29 is 14.0 Å². The molecule has 5 heteroatoms. The first-order chi connectivity index (χ1) is 5.41. The second kappa shape index (κ2) is 2.58. The second-order valence-corrected chi connectivity index (χ2v) is 3.57. The van der Waals surface area contributed by atoms with Crippen molar-refractivity contribution in [2.24, 2.45) is 5.41 Å². The summed E-state index contributed by atoms with van der Waals surface area (Å²) in [6, 6.07) is 0. The van der Waals surface area contributed by atoms with E-state index in [4.69, 9.17) is 5.41 Å². The number of aromatic nitrogens is 2. The molecule has 1 aromatic rings. The first-order valence-electron chi connectivity index (χ1n) is 3.56. The summed E-state index contributed by atoms with van der Waals surface area (Å²) in [6.45, 7) is 5.34. The first-order valence-corrected chi connectivity index (χ1v) is 3.56. The Bertz CT molecular complexity index is 342. The minimum absolute atomic E-state index is 0.118. The van der Waals surface area contributed by atoms with Crippen molar-refractivity contribution in [2.75, 3.05) is 0 Å². The van der Waals surface area contributed by atoms with Crippen LogP contribution in [0.1, 0.15) is 25.6 Å². The molecular weight excluding hydrogens is 158 g/mol. The maximum atomic E-state index is 11.4. The first kappa shape index (κ1) is 8.70. The Morgan fingerprint density at radius 1 is 1.67 bits per heavy atom. The highest BCUT2D eigenvalue weighted by molar-refractivity contribution is 5.72. The fourth-order valence-electron chi connectivity index (χ4n) is 0.686. The summed E-state index contributed by atoms with van der Waals surface area (Å²) in [7, 11) is 0. The Labute approximate surface area is 69.5 Å². The fraction of sp³-hybridized carbons (Fsp3) is 0.571. The zero-order chi connectivity index (χ0) is 9.35. The van der Waals surface area contributed by atoms with Gasteiger partial charge in [-0.05, 0) is 20.8 Å². The van der Waals surface area contributed by atoms with E-state index in [0.29, 0.717) is 0 Å². The smallest absolute Gasteiger partial charge is 0.390 e. The molecule has 0 saturated heterocycles. The summed E-state index contributed by atoms with van der Waals surface area (Å²) in [4.78, 5) is 11.4. The Hall–Kier alpha value is -1.39.